The first kappa shape index (κ1) is 30.9. The van der Waals surface area contributed by atoms with Gasteiger partial charge in [-0.25, -0.2) is 0 Å². The predicted octanol–water partition coefficient (Wildman–Crippen LogP) is 7.11. The Hall–Kier alpha value is -1.10. The molecular formula is C27H53NO4. The van der Waals surface area contributed by atoms with Crippen molar-refractivity contribution in [1.82, 2.24) is 5.32 Å². The molecule has 0 radical (unpaired) electrons. The van der Waals surface area contributed by atoms with Gasteiger partial charge in [-0.3, -0.25) is 9.59 Å². The Kier molecular flexibility index (Phi) is 21.0. The Balaban J connectivity index is 3.26. The standard InChI is InChI=1S/C27H53NO4/c1-5-6-7-8-9-10-11-12-13-14-15-16-17-18-19-20-25(29)31-24-23-28-22-21-26(30)32-27(2,3)4/h28H,5-24H2,1-4H3. The normalized spacial score (nSPS) is 11.5. The molecule has 0 atom stereocenters. The molecule has 0 aliphatic carbocycles. The Labute approximate surface area is 198 Å². The lowest BCUT2D eigenvalue weighted by Gasteiger charge is -2.19. The number of hydrogen-bond donors (Lipinski definition) is 1. The molecule has 0 saturated heterocycles. The number of carbonyl (C=O) groups excluding carboxylic acids is 2. The summed E-state index contributed by atoms with van der Waals surface area (Å²) in [5.74, 6) is -0.330. The van der Waals surface area contributed by atoms with Gasteiger partial charge in [0.1, 0.15) is 12.2 Å². The van der Waals surface area contributed by atoms with Gasteiger partial charge in [-0.2, -0.15) is 0 Å². The van der Waals surface area contributed by atoms with Crippen molar-refractivity contribution in [1.29, 1.82) is 0 Å². The van der Waals surface area contributed by atoms with Crippen molar-refractivity contribution < 1.29 is 19.1 Å². The molecule has 32 heavy (non-hydrogen) atoms. The van der Waals surface area contributed by atoms with Crippen molar-refractivity contribution in [2.45, 2.75) is 142 Å². The van der Waals surface area contributed by atoms with Crippen molar-refractivity contribution in [2.24, 2.45) is 0 Å². The molecule has 0 aromatic rings. The Morgan fingerprint density at radius 1 is 0.625 bits per heavy atom. The number of carbonyl (C=O) groups is 2. The molecule has 0 aromatic heterocycles. The van der Waals surface area contributed by atoms with Gasteiger partial charge in [-0.1, -0.05) is 96.8 Å². The molecule has 0 aliphatic rings. The average molecular weight is 456 g/mol. The third-order valence-corrected chi connectivity index (χ3v) is 5.45. The third-order valence-electron chi connectivity index (χ3n) is 5.45. The van der Waals surface area contributed by atoms with Crippen LogP contribution >= 0.6 is 0 Å². The number of ether oxygens (including phenoxy) is 2. The number of esters is 2. The van der Waals surface area contributed by atoms with E-state index >= 15 is 0 Å². The fourth-order valence-corrected chi connectivity index (χ4v) is 3.66. The van der Waals surface area contributed by atoms with E-state index < -0.39 is 5.60 Å². The van der Waals surface area contributed by atoms with Crippen molar-refractivity contribution in [3.63, 3.8) is 0 Å². The van der Waals surface area contributed by atoms with Crippen LogP contribution in [-0.2, 0) is 19.1 Å². The molecule has 5 nitrogen and oxygen atoms in total. The topological polar surface area (TPSA) is 64.6 Å². The summed E-state index contributed by atoms with van der Waals surface area (Å²) in [6, 6.07) is 0. The summed E-state index contributed by atoms with van der Waals surface area (Å²) in [4.78, 5) is 23.3. The lowest BCUT2D eigenvalue weighted by Crippen LogP contribution is -2.28. The first-order chi connectivity index (χ1) is 15.3. The number of rotatable bonds is 22. The fourth-order valence-electron chi connectivity index (χ4n) is 3.66. The first-order valence-electron chi connectivity index (χ1n) is 13.4. The van der Waals surface area contributed by atoms with E-state index in [0.29, 0.717) is 32.5 Å². The van der Waals surface area contributed by atoms with Crippen LogP contribution in [0.4, 0.5) is 0 Å². The number of hydrogen-bond acceptors (Lipinski definition) is 5. The van der Waals surface area contributed by atoms with Crippen LogP contribution < -0.4 is 5.32 Å². The van der Waals surface area contributed by atoms with Gasteiger partial charge < -0.3 is 14.8 Å². The molecule has 190 valence electrons. The van der Waals surface area contributed by atoms with Gasteiger partial charge in [0.25, 0.3) is 0 Å². The van der Waals surface area contributed by atoms with Gasteiger partial charge in [0.2, 0.25) is 0 Å². The summed E-state index contributed by atoms with van der Waals surface area (Å²) in [6.07, 6.45) is 20.7. The van der Waals surface area contributed by atoms with Crippen LogP contribution in [0.3, 0.4) is 0 Å². The molecule has 0 amide bonds. The minimum Gasteiger partial charge on any atom is -0.464 e. The molecule has 5 heteroatoms. The van der Waals surface area contributed by atoms with E-state index in [1.54, 1.807) is 0 Å². The number of nitrogens with one attached hydrogen (secondary N) is 1. The van der Waals surface area contributed by atoms with Crippen LogP contribution in [0.5, 0.6) is 0 Å². The smallest absolute Gasteiger partial charge is 0.307 e. The van der Waals surface area contributed by atoms with Crippen LogP contribution in [0, 0.1) is 0 Å². The van der Waals surface area contributed by atoms with E-state index in [9.17, 15) is 9.59 Å². The summed E-state index contributed by atoms with van der Waals surface area (Å²) in [6.45, 7) is 9.29. The lowest BCUT2D eigenvalue weighted by atomic mass is 10.0. The second-order valence-corrected chi connectivity index (χ2v) is 10.0. The summed E-state index contributed by atoms with van der Waals surface area (Å²) in [5.41, 5.74) is -0.445. The van der Waals surface area contributed by atoms with E-state index in [1.807, 2.05) is 20.8 Å². The van der Waals surface area contributed by atoms with Crippen molar-refractivity contribution in [3.05, 3.63) is 0 Å². The maximum atomic E-state index is 11.8. The highest BCUT2D eigenvalue weighted by atomic mass is 16.6. The highest BCUT2D eigenvalue weighted by Crippen LogP contribution is 2.14. The van der Waals surface area contributed by atoms with E-state index in [1.165, 1.54) is 83.5 Å². The van der Waals surface area contributed by atoms with Gasteiger partial charge in [0.05, 0.1) is 6.42 Å². The van der Waals surface area contributed by atoms with Gasteiger partial charge in [0, 0.05) is 19.5 Å². The van der Waals surface area contributed by atoms with E-state index in [2.05, 4.69) is 12.2 Å². The lowest BCUT2D eigenvalue weighted by molar-refractivity contribution is -0.154. The second-order valence-electron chi connectivity index (χ2n) is 10.0. The van der Waals surface area contributed by atoms with Crippen molar-refractivity contribution in [3.8, 4) is 0 Å². The minimum atomic E-state index is -0.445. The van der Waals surface area contributed by atoms with Crippen molar-refractivity contribution in [2.75, 3.05) is 19.7 Å². The average Bonchev–Trinajstić information content (AvgIpc) is 2.72. The van der Waals surface area contributed by atoms with Gasteiger partial charge in [-0.15, -0.1) is 0 Å². The molecule has 0 unspecified atom stereocenters. The molecule has 0 spiro atoms. The zero-order chi connectivity index (χ0) is 23.9. The molecule has 0 heterocycles. The summed E-state index contributed by atoms with van der Waals surface area (Å²) < 4.78 is 10.5. The van der Waals surface area contributed by atoms with Crippen molar-refractivity contribution >= 4 is 11.9 Å². The van der Waals surface area contributed by atoms with Crippen LogP contribution in [0.25, 0.3) is 0 Å². The predicted molar refractivity (Wildman–Crippen MR) is 134 cm³/mol. The Bertz CT molecular complexity index is 445. The Morgan fingerprint density at radius 3 is 1.56 bits per heavy atom. The zero-order valence-electron chi connectivity index (χ0n) is 21.8. The van der Waals surface area contributed by atoms with Crippen LogP contribution in [0.2, 0.25) is 0 Å². The highest BCUT2D eigenvalue weighted by molar-refractivity contribution is 5.70. The largest absolute Gasteiger partial charge is 0.464 e. The minimum absolute atomic E-state index is 0.117. The highest BCUT2D eigenvalue weighted by Gasteiger charge is 2.15. The van der Waals surface area contributed by atoms with Gasteiger partial charge in [0.15, 0.2) is 0 Å². The summed E-state index contributed by atoms with van der Waals surface area (Å²) >= 11 is 0. The van der Waals surface area contributed by atoms with Gasteiger partial charge in [-0.05, 0) is 27.2 Å². The number of unbranched alkanes of at least 4 members (excludes halogenated alkanes) is 14. The molecular weight excluding hydrogens is 402 g/mol. The summed E-state index contributed by atoms with van der Waals surface area (Å²) in [7, 11) is 0. The van der Waals surface area contributed by atoms with Crippen LogP contribution in [0.15, 0.2) is 0 Å². The van der Waals surface area contributed by atoms with E-state index in [-0.39, 0.29) is 11.9 Å². The molecule has 1 N–H and O–H groups in total. The monoisotopic (exact) mass is 455 g/mol. The van der Waals surface area contributed by atoms with E-state index in [4.69, 9.17) is 9.47 Å². The van der Waals surface area contributed by atoms with Gasteiger partial charge >= 0.3 is 11.9 Å². The maximum absolute atomic E-state index is 11.8. The Morgan fingerprint density at radius 2 is 1.09 bits per heavy atom. The second kappa shape index (κ2) is 21.7. The van der Waals surface area contributed by atoms with Crippen LogP contribution in [0.1, 0.15) is 137 Å². The molecule has 0 bridgehead atoms. The van der Waals surface area contributed by atoms with E-state index in [0.717, 1.165) is 12.8 Å². The van der Waals surface area contributed by atoms with Crippen LogP contribution in [-0.4, -0.2) is 37.2 Å². The molecule has 0 saturated carbocycles. The summed E-state index contributed by atoms with van der Waals surface area (Å²) in [5, 5.41) is 3.10. The maximum Gasteiger partial charge on any atom is 0.307 e. The molecule has 0 fully saturated rings. The SMILES string of the molecule is CCCCCCCCCCCCCCCCCC(=O)OCCNCCC(=O)OC(C)(C)C. The molecule has 0 rings (SSSR count). The molecule has 0 aliphatic heterocycles. The third kappa shape index (κ3) is 25.2. The fraction of sp³-hybridized carbons (Fsp3) is 0.926. The quantitative estimate of drug-likeness (QED) is 0.139. The molecule has 0 aromatic carbocycles. The zero-order valence-corrected chi connectivity index (χ0v) is 21.8. The first-order valence-corrected chi connectivity index (χ1v) is 13.4.